The van der Waals surface area contributed by atoms with Crippen LogP contribution >= 0.6 is 0 Å². The van der Waals surface area contributed by atoms with Gasteiger partial charge < -0.3 is 9.32 Å². The quantitative estimate of drug-likeness (QED) is 0.581. The predicted molar refractivity (Wildman–Crippen MR) is 74.3 cm³/mol. The molecule has 0 unspecified atom stereocenters. The van der Waals surface area contributed by atoms with Crippen molar-refractivity contribution in [1.82, 2.24) is 14.7 Å². The summed E-state index contributed by atoms with van der Waals surface area (Å²) in [4.78, 5) is 50.8. The van der Waals surface area contributed by atoms with Crippen molar-refractivity contribution in [3.63, 3.8) is 0 Å². The molecule has 1 fully saturated rings. The van der Waals surface area contributed by atoms with Crippen molar-refractivity contribution in [1.29, 1.82) is 0 Å². The Labute approximate surface area is 127 Å². The zero-order valence-corrected chi connectivity index (χ0v) is 12.6. The van der Waals surface area contributed by atoms with Gasteiger partial charge in [0.2, 0.25) is 5.91 Å². The molecule has 1 aliphatic rings. The molecule has 0 atom stereocenters. The van der Waals surface area contributed by atoms with Gasteiger partial charge in [0.15, 0.2) is 0 Å². The van der Waals surface area contributed by atoms with Crippen molar-refractivity contribution >= 4 is 23.8 Å². The number of rotatable bonds is 5. The largest absolute Gasteiger partial charge is 0.467 e. The number of amides is 5. The Balaban J connectivity index is 2.10. The van der Waals surface area contributed by atoms with E-state index in [4.69, 9.17) is 4.42 Å². The first-order chi connectivity index (χ1) is 10.3. The summed E-state index contributed by atoms with van der Waals surface area (Å²) in [5.74, 6) is -1.99. The molecule has 0 aliphatic carbocycles. The van der Waals surface area contributed by atoms with Gasteiger partial charge in [-0.3, -0.25) is 14.4 Å². The Morgan fingerprint density at radius 2 is 1.86 bits per heavy atom. The van der Waals surface area contributed by atoms with Gasteiger partial charge in [-0.25, -0.2) is 14.6 Å². The van der Waals surface area contributed by atoms with Crippen LogP contribution in [0, 0.1) is 0 Å². The lowest BCUT2D eigenvalue weighted by Gasteiger charge is -2.23. The van der Waals surface area contributed by atoms with Crippen LogP contribution in [-0.2, 0) is 20.9 Å². The molecule has 5 amide bonds. The van der Waals surface area contributed by atoms with Crippen molar-refractivity contribution in [2.45, 2.75) is 26.4 Å². The first-order valence-electron chi connectivity index (χ1n) is 6.78. The summed E-state index contributed by atoms with van der Waals surface area (Å²) in [7, 11) is 1.57. The second-order valence-corrected chi connectivity index (χ2v) is 5.24. The number of nitrogens with zero attached hydrogens (tertiary/aromatic N) is 3. The van der Waals surface area contributed by atoms with Gasteiger partial charge >= 0.3 is 17.8 Å². The molecule has 1 aromatic heterocycles. The van der Waals surface area contributed by atoms with E-state index >= 15 is 0 Å². The summed E-state index contributed by atoms with van der Waals surface area (Å²) in [5, 5.41) is 0. The standard InChI is InChI=1S/C14H17N3O5/c1-9(2)15(3)11(18)8-17-13(20)12(19)16(14(17)21)7-10-5-4-6-22-10/h4-6,9H,7-8H2,1-3H3. The molecule has 2 heterocycles. The van der Waals surface area contributed by atoms with Crippen LogP contribution in [0.2, 0.25) is 0 Å². The molecule has 0 saturated carbocycles. The van der Waals surface area contributed by atoms with Gasteiger partial charge in [0.05, 0.1) is 12.8 Å². The Kier molecular flexibility index (Phi) is 4.30. The molecule has 1 aliphatic heterocycles. The van der Waals surface area contributed by atoms with Crippen molar-refractivity contribution in [2.24, 2.45) is 0 Å². The molecule has 8 nitrogen and oxygen atoms in total. The summed E-state index contributed by atoms with van der Waals surface area (Å²) in [6.45, 7) is 3.02. The summed E-state index contributed by atoms with van der Waals surface area (Å²) < 4.78 is 5.06. The number of furan rings is 1. The molecule has 22 heavy (non-hydrogen) atoms. The number of urea groups is 1. The van der Waals surface area contributed by atoms with Crippen molar-refractivity contribution in [2.75, 3.05) is 13.6 Å². The van der Waals surface area contributed by atoms with Crippen molar-refractivity contribution in [3.05, 3.63) is 24.2 Å². The van der Waals surface area contributed by atoms with Crippen molar-refractivity contribution in [3.8, 4) is 0 Å². The number of likely N-dealkylation sites (N-methyl/N-ethyl adjacent to an activating group) is 1. The average Bonchev–Trinajstić information content (AvgIpc) is 3.05. The molecule has 8 heteroatoms. The predicted octanol–water partition coefficient (Wildman–Crippen LogP) is 0.437. The molecular weight excluding hydrogens is 290 g/mol. The molecule has 2 rings (SSSR count). The first-order valence-corrected chi connectivity index (χ1v) is 6.78. The average molecular weight is 307 g/mol. The van der Waals surface area contributed by atoms with Crippen LogP contribution in [0.3, 0.4) is 0 Å². The van der Waals surface area contributed by atoms with Crippen LogP contribution in [-0.4, -0.2) is 58.1 Å². The second kappa shape index (κ2) is 6.00. The van der Waals surface area contributed by atoms with E-state index in [0.29, 0.717) is 10.7 Å². The van der Waals surface area contributed by atoms with Gasteiger partial charge in [-0.05, 0) is 26.0 Å². The highest BCUT2D eigenvalue weighted by molar-refractivity contribution is 6.44. The molecular formula is C14H17N3O5. The fourth-order valence-electron chi connectivity index (χ4n) is 1.92. The van der Waals surface area contributed by atoms with E-state index in [0.717, 1.165) is 4.90 Å². The number of carbonyl (C=O) groups excluding carboxylic acids is 4. The zero-order valence-electron chi connectivity index (χ0n) is 12.6. The maximum atomic E-state index is 12.2. The summed E-state index contributed by atoms with van der Waals surface area (Å²) in [6, 6.07) is 2.32. The number of hydrogen-bond acceptors (Lipinski definition) is 5. The molecule has 0 radical (unpaired) electrons. The molecule has 0 N–H and O–H groups in total. The summed E-state index contributed by atoms with van der Waals surface area (Å²) >= 11 is 0. The fourth-order valence-corrected chi connectivity index (χ4v) is 1.92. The van der Waals surface area contributed by atoms with E-state index < -0.39 is 30.3 Å². The smallest absolute Gasteiger partial charge is 0.335 e. The van der Waals surface area contributed by atoms with E-state index in [1.165, 1.54) is 11.2 Å². The topological polar surface area (TPSA) is 91.1 Å². The number of carbonyl (C=O) groups is 4. The highest BCUT2D eigenvalue weighted by atomic mass is 16.3. The highest BCUT2D eigenvalue weighted by Crippen LogP contribution is 2.16. The Bertz CT molecular complexity index is 608. The number of imide groups is 2. The van der Waals surface area contributed by atoms with Crippen LogP contribution in [0.4, 0.5) is 4.79 Å². The van der Waals surface area contributed by atoms with Crippen LogP contribution < -0.4 is 0 Å². The second-order valence-electron chi connectivity index (χ2n) is 5.24. The lowest BCUT2D eigenvalue weighted by molar-refractivity contribution is -0.145. The Hall–Kier alpha value is -2.64. The SMILES string of the molecule is CC(C)N(C)C(=O)CN1C(=O)C(=O)N(Cc2ccco2)C1=O. The molecule has 118 valence electrons. The summed E-state index contributed by atoms with van der Waals surface area (Å²) in [5.41, 5.74) is 0. The van der Waals surface area contributed by atoms with E-state index in [-0.39, 0.29) is 12.6 Å². The maximum absolute atomic E-state index is 12.2. The van der Waals surface area contributed by atoms with E-state index in [2.05, 4.69) is 0 Å². The molecule has 1 aromatic rings. The molecule has 0 bridgehead atoms. The third-order valence-corrected chi connectivity index (χ3v) is 3.49. The minimum atomic E-state index is -0.998. The van der Waals surface area contributed by atoms with Gasteiger partial charge in [-0.15, -0.1) is 0 Å². The third-order valence-electron chi connectivity index (χ3n) is 3.49. The fraction of sp³-hybridized carbons (Fsp3) is 0.429. The summed E-state index contributed by atoms with van der Waals surface area (Å²) in [6.07, 6.45) is 1.40. The minimum absolute atomic E-state index is 0.0739. The van der Waals surface area contributed by atoms with E-state index in [1.54, 1.807) is 33.0 Å². The normalized spacial score (nSPS) is 15.2. The molecule has 0 aromatic carbocycles. The lowest BCUT2D eigenvalue weighted by Crippen LogP contribution is -2.44. The monoisotopic (exact) mass is 307 g/mol. The van der Waals surface area contributed by atoms with Crippen LogP contribution in [0.1, 0.15) is 19.6 Å². The van der Waals surface area contributed by atoms with E-state index in [1.807, 2.05) is 0 Å². The van der Waals surface area contributed by atoms with Crippen LogP contribution in [0.25, 0.3) is 0 Å². The first kappa shape index (κ1) is 15.7. The van der Waals surface area contributed by atoms with Gasteiger partial charge in [0, 0.05) is 13.1 Å². The Morgan fingerprint density at radius 1 is 1.23 bits per heavy atom. The van der Waals surface area contributed by atoms with E-state index in [9.17, 15) is 19.2 Å². The van der Waals surface area contributed by atoms with Gasteiger partial charge in [0.25, 0.3) is 0 Å². The van der Waals surface area contributed by atoms with Gasteiger partial charge in [0.1, 0.15) is 12.3 Å². The van der Waals surface area contributed by atoms with Crippen LogP contribution in [0.15, 0.2) is 22.8 Å². The molecule has 0 spiro atoms. The van der Waals surface area contributed by atoms with Crippen molar-refractivity contribution < 1.29 is 23.6 Å². The Morgan fingerprint density at radius 3 is 2.41 bits per heavy atom. The highest BCUT2D eigenvalue weighted by Gasteiger charge is 2.45. The number of hydrogen-bond donors (Lipinski definition) is 0. The minimum Gasteiger partial charge on any atom is -0.467 e. The maximum Gasteiger partial charge on any atom is 0.335 e. The third kappa shape index (κ3) is 2.85. The molecule has 1 saturated heterocycles. The lowest BCUT2D eigenvalue weighted by atomic mass is 10.3. The van der Waals surface area contributed by atoms with Gasteiger partial charge in [-0.2, -0.15) is 0 Å². The van der Waals surface area contributed by atoms with Gasteiger partial charge in [-0.1, -0.05) is 0 Å². The van der Waals surface area contributed by atoms with Crippen LogP contribution in [0.5, 0.6) is 0 Å². The zero-order chi connectivity index (χ0) is 16.4.